The maximum absolute atomic E-state index is 13.0. The van der Waals surface area contributed by atoms with Crippen LogP contribution in [0.1, 0.15) is 51.9 Å². The average molecular weight is 413 g/mol. The van der Waals surface area contributed by atoms with Crippen molar-refractivity contribution in [1.82, 2.24) is 4.72 Å². The molecular weight excluding hydrogens is 388 g/mol. The van der Waals surface area contributed by atoms with Crippen molar-refractivity contribution in [1.29, 1.82) is 0 Å². The lowest BCUT2D eigenvalue weighted by atomic mass is 9.47. The van der Waals surface area contributed by atoms with Crippen molar-refractivity contribution >= 4 is 27.3 Å². The molecule has 4 aliphatic rings. The highest BCUT2D eigenvalue weighted by Crippen LogP contribution is 2.61. The second-order valence-electron chi connectivity index (χ2n) is 8.73. The Balaban J connectivity index is 1.62. The fraction of sp³-hybridized carbons (Fsp3) is 0.684. The lowest BCUT2D eigenvalue weighted by Gasteiger charge is -2.59. The van der Waals surface area contributed by atoms with Crippen LogP contribution in [0.25, 0.3) is 0 Å². The summed E-state index contributed by atoms with van der Waals surface area (Å²) in [5.74, 6) is 2.18. The monoisotopic (exact) mass is 412 g/mol. The molecule has 0 heterocycles. The first-order valence-electron chi connectivity index (χ1n) is 9.68. The summed E-state index contributed by atoms with van der Waals surface area (Å²) in [4.78, 5) is 10.4. The van der Waals surface area contributed by atoms with E-state index in [1.54, 1.807) is 0 Å². The highest BCUT2D eigenvalue weighted by molar-refractivity contribution is 7.89. The van der Waals surface area contributed by atoms with E-state index in [9.17, 15) is 18.5 Å². The van der Waals surface area contributed by atoms with Crippen molar-refractivity contribution in [2.24, 2.45) is 23.2 Å². The summed E-state index contributed by atoms with van der Waals surface area (Å²) >= 11 is 5.83. The molecule has 0 aromatic heterocycles. The van der Waals surface area contributed by atoms with E-state index in [2.05, 4.69) is 4.72 Å². The smallest absolute Gasteiger partial charge is 0.258 e. The van der Waals surface area contributed by atoms with E-state index in [4.69, 9.17) is 11.6 Å². The van der Waals surface area contributed by atoms with E-state index < -0.39 is 14.9 Å². The molecule has 0 saturated heterocycles. The lowest BCUT2D eigenvalue weighted by Crippen LogP contribution is -2.56. The Bertz CT molecular complexity index is 835. The van der Waals surface area contributed by atoms with Crippen molar-refractivity contribution in [3.8, 4) is 0 Å². The third-order valence-corrected chi connectivity index (χ3v) is 8.74. The molecule has 5 rings (SSSR count). The summed E-state index contributed by atoms with van der Waals surface area (Å²) in [5.41, 5.74) is -0.350. The van der Waals surface area contributed by atoms with E-state index in [1.807, 2.05) is 6.92 Å². The van der Waals surface area contributed by atoms with Gasteiger partial charge in [0.25, 0.3) is 5.69 Å². The van der Waals surface area contributed by atoms with E-state index >= 15 is 0 Å². The van der Waals surface area contributed by atoms with Gasteiger partial charge in [-0.1, -0.05) is 18.5 Å². The first kappa shape index (κ1) is 19.2. The van der Waals surface area contributed by atoms with Gasteiger partial charge in [0.1, 0.15) is 5.02 Å². The van der Waals surface area contributed by atoms with Gasteiger partial charge in [-0.15, -0.1) is 0 Å². The van der Waals surface area contributed by atoms with Crippen molar-refractivity contribution in [3.05, 3.63) is 33.3 Å². The maximum atomic E-state index is 13.0. The summed E-state index contributed by atoms with van der Waals surface area (Å²) in [5, 5.41) is 11.1. The van der Waals surface area contributed by atoms with Crippen LogP contribution >= 0.6 is 11.6 Å². The van der Waals surface area contributed by atoms with Gasteiger partial charge in [0.15, 0.2) is 0 Å². The van der Waals surface area contributed by atoms with Gasteiger partial charge in [0.05, 0.1) is 9.82 Å². The summed E-state index contributed by atoms with van der Waals surface area (Å²) in [6, 6.07) is 3.53. The first-order chi connectivity index (χ1) is 12.7. The molecule has 0 amide bonds. The van der Waals surface area contributed by atoms with Gasteiger partial charge >= 0.3 is 0 Å². The average Bonchev–Trinajstić information content (AvgIpc) is 2.58. The molecule has 4 saturated carbocycles. The van der Waals surface area contributed by atoms with E-state index in [0.717, 1.165) is 49.5 Å². The highest BCUT2D eigenvalue weighted by atomic mass is 35.5. The molecule has 6 nitrogen and oxygen atoms in total. The molecule has 148 valence electrons. The van der Waals surface area contributed by atoms with E-state index in [-0.39, 0.29) is 27.1 Å². The third kappa shape index (κ3) is 3.38. The van der Waals surface area contributed by atoms with Crippen LogP contribution < -0.4 is 4.72 Å². The molecular formula is C19H25ClN2O4S. The largest absolute Gasteiger partial charge is 0.289 e. The minimum absolute atomic E-state index is 0.0366. The van der Waals surface area contributed by atoms with Crippen LogP contribution in [-0.2, 0) is 10.0 Å². The summed E-state index contributed by atoms with van der Waals surface area (Å²) in [6.07, 6.45) is 7.91. The second-order valence-corrected chi connectivity index (χ2v) is 10.9. The molecule has 4 bridgehead atoms. The van der Waals surface area contributed by atoms with Crippen LogP contribution in [0.5, 0.6) is 0 Å². The molecule has 4 aliphatic carbocycles. The van der Waals surface area contributed by atoms with Crippen LogP contribution in [0.3, 0.4) is 0 Å². The Hall–Kier alpha value is -1.18. The number of nitrogens with zero attached hydrogens (tertiary/aromatic N) is 1. The standard InChI is InChI=1S/C19H25ClN2O4S/c1-2-18(19-9-12-5-13(10-19)7-14(6-12)11-19)21-27(25,26)15-3-4-16(20)17(8-15)22(23)24/h3-4,8,12-14,18,21H,2,5-7,9-11H2,1H3. The van der Waals surface area contributed by atoms with E-state index in [0.29, 0.717) is 0 Å². The van der Waals surface area contributed by atoms with Gasteiger partial charge in [0.2, 0.25) is 10.0 Å². The third-order valence-electron chi connectivity index (χ3n) is 6.96. The van der Waals surface area contributed by atoms with Crippen LogP contribution in [0.15, 0.2) is 23.1 Å². The number of halogens is 1. The molecule has 0 radical (unpaired) electrons. The number of hydrogen-bond donors (Lipinski definition) is 1. The molecule has 0 spiro atoms. The number of sulfonamides is 1. The Kier molecular flexibility index (Phi) is 4.76. The molecule has 8 heteroatoms. The number of nitrogens with one attached hydrogen (secondary N) is 1. The number of nitro benzene ring substituents is 1. The predicted octanol–water partition coefficient (Wildman–Crippen LogP) is 4.52. The van der Waals surface area contributed by atoms with Crippen LogP contribution in [0.4, 0.5) is 5.69 Å². The molecule has 1 N–H and O–H groups in total. The van der Waals surface area contributed by atoms with Crippen LogP contribution in [0, 0.1) is 33.3 Å². The summed E-state index contributed by atoms with van der Waals surface area (Å²) in [7, 11) is -3.85. The number of rotatable bonds is 6. The second kappa shape index (κ2) is 6.71. The van der Waals surface area contributed by atoms with Gasteiger partial charge in [-0.2, -0.15) is 0 Å². The van der Waals surface area contributed by atoms with E-state index in [1.165, 1.54) is 31.4 Å². The van der Waals surface area contributed by atoms with Crippen LogP contribution in [0.2, 0.25) is 5.02 Å². The Morgan fingerprint density at radius 1 is 1.22 bits per heavy atom. The topological polar surface area (TPSA) is 89.3 Å². The van der Waals surface area contributed by atoms with Crippen molar-refractivity contribution in [2.45, 2.75) is 62.8 Å². The quantitative estimate of drug-likeness (QED) is 0.549. The zero-order valence-electron chi connectivity index (χ0n) is 15.4. The fourth-order valence-corrected chi connectivity index (χ4v) is 7.93. The molecule has 4 fully saturated rings. The summed E-state index contributed by atoms with van der Waals surface area (Å²) in [6.45, 7) is 2.02. The minimum Gasteiger partial charge on any atom is -0.258 e. The predicted molar refractivity (Wildman–Crippen MR) is 103 cm³/mol. The number of hydrogen-bond acceptors (Lipinski definition) is 4. The molecule has 1 unspecified atom stereocenters. The SMILES string of the molecule is CCC(NS(=O)(=O)c1ccc(Cl)c([N+](=O)[O-])c1)C12CC3CC(CC(C3)C1)C2. The normalized spacial score (nSPS) is 33.2. The molecule has 1 aromatic carbocycles. The number of nitro groups is 1. The number of benzene rings is 1. The van der Waals surface area contributed by atoms with Crippen molar-refractivity contribution in [2.75, 3.05) is 0 Å². The summed E-state index contributed by atoms with van der Waals surface area (Å²) < 4.78 is 28.9. The van der Waals surface area contributed by atoms with Crippen molar-refractivity contribution < 1.29 is 13.3 Å². The highest BCUT2D eigenvalue weighted by Gasteiger charge is 2.54. The molecule has 27 heavy (non-hydrogen) atoms. The van der Waals surface area contributed by atoms with Crippen LogP contribution in [-0.4, -0.2) is 19.4 Å². The molecule has 1 atom stereocenters. The van der Waals surface area contributed by atoms with Crippen molar-refractivity contribution in [3.63, 3.8) is 0 Å². The van der Waals surface area contributed by atoms with Gasteiger partial charge < -0.3 is 0 Å². The Morgan fingerprint density at radius 3 is 2.26 bits per heavy atom. The zero-order valence-corrected chi connectivity index (χ0v) is 16.9. The van der Waals surface area contributed by atoms with Gasteiger partial charge in [-0.05, 0) is 80.2 Å². The van der Waals surface area contributed by atoms with Gasteiger partial charge in [-0.3, -0.25) is 10.1 Å². The van der Waals surface area contributed by atoms with Gasteiger partial charge in [0, 0.05) is 12.1 Å². The maximum Gasteiger partial charge on any atom is 0.289 e. The zero-order chi connectivity index (χ0) is 19.4. The first-order valence-corrected chi connectivity index (χ1v) is 11.5. The molecule has 0 aliphatic heterocycles. The van der Waals surface area contributed by atoms with Gasteiger partial charge in [-0.25, -0.2) is 13.1 Å². The minimum atomic E-state index is -3.85. The Morgan fingerprint density at radius 2 is 1.78 bits per heavy atom. The fourth-order valence-electron chi connectivity index (χ4n) is 6.30. The Labute approximate surface area is 164 Å². The lowest BCUT2D eigenvalue weighted by molar-refractivity contribution is -0.384. The molecule has 1 aromatic rings.